The van der Waals surface area contributed by atoms with Crippen molar-refractivity contribution in [1.29, 1.82) is 0 Å². The molecule has 2 heterocycles. The summed E-state index contributed by atoms with van der Waals surface area (Å²) in [6.07, 6.45) is 0. The number of hydrogen-bond donors (Lipinski definition) is 0. The number of anilines is 6. The first-order valence-electron chi connectivity index (χ1n) is 11.9. The molecule has 3 aliphatic rings. The number of fused-ring (bicyclic) bond motifs is 8. The molecular formula is C32H22N2. The fraction of sp³-hybridized carbons (Fsp3) is 0.0625. The lowest BCUT2D eigenvalue weighted by Gasteiger charge is -2.48. The van der Waals surface area contributed by atoms with Crippen LogP contribution in [0.2, 0.25) is 0 Å². The zero-order valence-electron chi connectivity index (χ0n) is 18.9. The van der Waals surface area contributed by atoms with Crippen LogP contribution in [-0.2, 0) is 5.41 Å². The second kappa shape index (κ2) is 6.18. The van der Waals surface area contributed by atoms with Crippen LogP contribution < -0.4 is 9.80 Å². The summed E-state index contributed by atoms with van der Waals surface area (Å²) in [7, 11) is 0. The van der Waals surface area contributed by atoms with Crippen molar-refractivity contribution in [2.75, 3.05) is 9.80 Å². The van der Waals surface area contributed by atoms with Crippen LogP contribution in [0.4, 0.5) is 34.1 Å². The average molecular weight is 435 g/mol. The van der Waals surface area contributed by atoms with Crippen LogP contribution in [0.3, 0.4) is 0 Å². The minimum atomic E-state index is -0.195. The molecule has 5 aromatic rings. The van der Waals surface area contributed by atoms with E-state index in [1.165, 1.54) is 61.9 Å². The number of benzene rings is 5. The number of hydrogen-bond acceptors (Lipinski definition) is 2. The van der Waals surface area contributed by atoms with Gasteiger partial charge in [-0.1, -0.05) is 78.9 Å². The van der Waals surface area contributed by atoms with Crippen LogP contribution in [0.15, 0.2) is 115 Å². The molecule has 8 rings (SSSR count). The molecule has 2 heteroatoms. The predicted octanol–water partition coefficient (Wildman–Crippen LogP) is 8.59. The maximum Gasteiger partial charge on any atom is 0.0754 e. The van der Waals surface area contributed by atoms with Gasteiger partial charge < -0.3 is 9.80 Å². The summed E-state index contributed by atoms with van der Waals surface area (Å²) in [6, 6.07) is 42.1. The van der Waals surface area contributed by atoms with Gasteiger partial charge >= 0.3 is 0 Å². The third-order valence-electron chi connectivity index (χ3n) is 7.94. The van der Waals surface area contributed by atoms with Crippen LogP contribution in [0.1, 0.15) is 23.6 Å². The highest BCUT2D eigenvalue weighted by molar-refractivity contribution is 6.09. The zero-order chi connectivity index (χ0) is 22.4. The molecule has 0 fully saturated rings. The molecule has 0 N–H and O–H groups in total. The summed E-state index contributed by atoms with van der Waals surface area (Å²) in [5.41, 5.74) is 14.1. The lowest BCUT2D eigenvalue weighted by Crippen LogP contribution is -2.35. The van der Waals surface area contributed by atoms with Crippen LogP contribution in [-0.4, -0.2) is 0 Å². The summed E-state index contributed by atoms with van der Waals surface area (Å²) in [4.78, 5) is 4.94. The van der Waals surface area contributed by atoms with E-state index in [0.29, 0.717) is 0 Å². The van der Waals surface area contributed by atoms with Crippen molar-refractivity contribution in [2.45, 2.75) is 12.3 Å². The number of nitrogens with zero attached hydrogens (tertiary/aromatic N) is 2. The molecule has 2 nitrogen and oxygen atoms in total. The molecule has 0 radical (unpaired) electrons. The quantitative estimate of drug-likeness (QED) is 0.256. The van der Waals surface area contributed by atoms with E-state index < -0.39 is 0 Å². The van der Waals surface area contributed by atoms with Crippen LogP contribution >= 0.6 is 0 Å². The fourth-order valence-corrected chi connectivity index (χ4v) is 6.58. The Hall–Kier alpha value is -4.30. The Morgan fingerprint density at radius 3 is 1.88 bits per heavy atom. The van der Waals surface area contributed by atoms with Crippen LogP contribution in [0.25, 0.3) is 11.1 Å². The lowest BCUT2D eigenvalue weighted by atomic mass is 9.70. The molecule has 0 saturated carbocycles. The molecule has 34 heavy (non-hydrogen) atoms. The molecule has 1 unspecified atom stereocenters. The first-order chi connectivity index (χ1) is 16.8. The van der Waals surface area contributed by atoms with Gasteiger partial charge in [0.05, 0.1) is 28.4 Å². The van der Waals surface area contributed by atoms with E-state index in [1.54, 1.807) is 0 Å². The molecule has 0 saturated heterocycles. The van der Waals surface area contributed by atoms with Gasteiger partial charge in [-0.15, -0.1) is 0 Å². The molecule has 0 amide bonds. The van der Waals surface area contributed by atoms with Crippen LogP contribution in [0.5, 0.6) is 0 Å². The highest BCUT2D eigenvalue weighted by Crippen LogP contribution is 2.67. The van der Waals surface area contributed by atoms with Crippen molar-refractivity contribution in [2.24, 2.45) is 0 Å². The van der Waals surface area contributed by atoms with E-state index in [9.17, 15) is 0 Å². The monoisotopic (exact) mass is 434 g/mol. The molecule has 160 valence electrons. The maximum atomic E-state index is 2.51. The Balaban J connectivity index is 1.56. The summed E-state index contributed by atoms with van der Waals surface area (Å²) in [5, 5.41) is 0. The second-order valence-electron chi connectivity index (χ2n) is 9.54. The Kier molecular flexibility index (Phi) is 3.30. The molecule has 0 bridgehead atoms. The zero-order valence-corrected chi connectivity index (χ0v) is 18.9. The summed E-state index contributed by atoms with van der Waals surface area (Å²) in [5.74, 6) is 0. The van der Waals surface area contributed by atoms with Gasteiger partial charge in [-0.05, 0) is 65.6 Å². The molecule has 1 atom stereocenters. The largest absolute Gasteiger partial charge is 0.306 e. The highest BCUT2D eigenvalue weighted by Gasteiger charge is 2.50. The Morgan fingerprint density at radius 1 is 0.471 bits per heavy atom. The Labute approximate surface area is 199 Å². The molecule has 1 aliphatic carbocycles. The van der Waals surface area contributed by atoms with Crippen molar-refractivity contribution < 1.29 is 0 Å². The lowest BCUT2D eigenvalue weighted by molar-refractivity contribution is 0.701. The topological polar surface area (TPSA) is 6.48 Å². The molecule has 0 spiro atoms. The fourth-order valence-electron chi connectivity index (χ4n) is 6.58. The van der Waals surface area contributed by atoms with Gasteiger partial charge in [-0.25, -0.2) is 0 Å². The molecule has 0 aromatic heterocycles. The van der Waals surface area contributed by atoms with Gasteiger partial charge in [0.15, 0.2) is 0 Å². The van der Waals surface area contributed by atoms with Gasteiger partial charge in [0.25, 0.3) is 0 Å². The third kappa shape index (κ3) is 1.99. The first-order valence-corrected chi connectivity index (χ1v) is 11.9. The highest BCUT2D eigenvalue weighted by atomic mass is 15.3. The standard InChI is InChI=1S/C32H22N2/c1-32-24-14-6-5-13-22(24)23-19-20-29-31(30(23)32)34(26-16-8-7-15-25(26)32)28-18-10-9-17-27(28)33(29)21-11-3-2-4-12-21/h2-20H,1H3. The molecule has 2 aliphatic heterocycles. The van der Waals surface area contributed by atoms with Crippen molar-refractivity contribution >= 4 is 34.1 Å². The maximum absolute atomic E-state index is 2.51. The van der Waals surface area contributed by atoms with Gasteiger partial charge in [-0.3, -0.25) is 0 Å². The first kappa shape index (κ1) is 18.2. The van der Waals surface area contributed by atoms with E-state index in [1.807, 2.05) is 0 Å². The Morgan fingerprint density at radius 2 is 1.09 bits per heavy atom. The van der Waals surface area contributed by atoms with Crippen LogP contribution in [0, 0.1) is 0 Å². The second-order valence-corrected chi connectivity index (χ2v) is 9.54. The normalized spacial score (nSPS) is 18.1. The van der Waals surface area contributed by atoms with Gasteiger partial charge in [0, 0.05) is 16.7 Å². The van der Waals surface area contributed by atoms with E-state index in [0.717, 1.165) is 0 Å². The van der Waals surface area contributed by atoms with E-state index in [2.05, 4.69) is 132 Å². The molecule has 5 aromatic carbocycles. The van der Waals surface area contributed by atoms with E-state index >= 15 is 0 Å². The smallest absolute Gasteiger partial charge is 0.0754 e. The summed E-state index contributed by atoms with van der Waals surface area (Å²) < 4.78 is 0. The van der Waals surface area contributed by atoms with Gasteiger partial charge in [0.1, 0.15) is 0 Å². The van der Waals surface area contributed by atoms with Crippen molar-refractivity contribution in [1.82, 2.24) is 0 Å². The minimum Gasteiger partial charge on any atom is -0.306 e. The van der Waals surface area contributed by atoms with E-state index in [-0.39, 0.29) is 5.41 Å². The SMILES string of the molecule is CC12c3ccccc3-c3ccc4c(c31)N(c1ccccc1N4c1ccccc1)c1ccccc12. The molecular weight excluding hydrogens is 412 g/mol. The number of para-hydroxylation sites is 4. The Bertz CT molecular complexity index is 1630. The van der Waals surface area contributed by atoms with Gasteiger partial charge in [-0.2, -0.15) is 0 Å². The summed E-state index contributed by atoms with van der Waals surface area (Å²) >= 11 is 0. The number of rotatable bonds is 1. The minimum absolute atomic E-state index is 0.195. The van der Waals surface area contributed by atoms with Crippen molar-refractivity contribution in [3.05, 3.63) is 132 Å². The van der Waals surface area contributed by atoms with Crippen molar-refractivity contribution in [3.8, 4) is 11.1 Å². The summed E-state index contributed by atoms with van der Waals surface area (Å²) in [6.45, 7) is 2.42. The van der Waals surface area contributed by atoms with Crippen molar-refractivity contribution in [3.63, 3.8) is 0 Å². The third-order valence-corrected chi connectivity index (χ3v) is 7.94. The van der Waals surface area contributed by atoms with Gasteiger partial charge in [0.2, 0.25) is 0 Å². The van der Waals surface area contributed by atoms with E-state index in [4.69, 9.17) is 0 Å². The predicted molar refractivity (Wildman–Crippen MR) is 140 cm³/mol. The average Bonchev–Trinajstić information content (AvgIpc) is 3.17.